The Morgan fingerprint density at radius 1 is 1.23 bits per heavy atom. The fourth-order valence-electron chi connectivity index (χ4n) is 1.87. The fourth-order valence-corrected chi connectivity index (χ4v) is 3.29. The lowest BCUT2D eigenvalue weighted by molar-refractivity contribution is 0.143. The van der Waals surface area contributed by atoms with Gasteiger partial charge in [0.2, 0.25) is 11.8 Å². The maximum atomic E-state index is 12.2. The second kappa shape index (κ2) is 8.79. The van der Waals surface area contributed by atoms with Crippen LogP contribution in [0.5, 0.6) is 5.88 Å². The fraction of sp³-hybridized carbons (Fsp3) is 0.267. The van der Waals surface area contributed by atoms with Gasteiger partial charge in [0, 0.05) is 18.9 Å². The molecule has 2 rings (SSSR count). The molecule has 2 N–H and O–H groups in total. The van der Waals surface area contributed by atoms with Gasteiger partial charge in [-0.1, -0.05) is 23.7 Å². The number of hydrogen-bond donors (Lipinski definition) is 2. The van der Waals surface area contributed by atoms with E-state index < -0.39 is 16.1 Å². The van der Waals surface area contributed by atoms with Gasteiger partial charge in [0.05, 0.1) is 11.6 Å². The summed E-state index contributed by atoms with van der Waals surface area (Å²) in [5.41, 5.74) is 0.525. The summed E-state index contributed by atoms with van der Waals surface area (Å²) in [4.78, 5) is 19.8. The Labute approximate surface area is 155 Å². The first kappa shape index (κ1) is 19.9. The summed E-state index contributed by atoms with van der Waals surface area (Å²) in [6.07, 6.45) is 0. The van der Waals surface area contributed by atoms with Crippen molar-refractivity contribution >= 4 is 33.6 Å². The van der Waals surface area contributed by atoms with Gasteiger partial charge < -0.3 is 9.47 Å². The van der Waals surface area contributed by atoms with Crippen LogP contribution < -0.4 is 14.8 Å². The monoisotopic (exact) mass is 400 g/mol. The van der Waals surface area contributed by atoms with Gasteiger partial charge in [-0.05, 0) is 19.1 Å². The molecule has 0 unspecified atom stereocenters. The molecule has 0 saturated carbocycles. The number of rotatable bonds is 7. The molecule has 0 aliphatic rings. The van der Waals surface area contributed by atoms with Gasteiger partial charge in [-0.2, -0.15) is 4.98 Å². The Hall–Kier alpha value is -2.43. The van der Waals surface area contributed by atoms with Crippen molar-refractivity contribution in [3.8, 4) is 5.88 Å². The number of hydrogen-bond acceptors (Lipinski definition) is 7. The van der Waals surface area contributed by atoms with Crippen LogP contribution in [0.2, 0.25) is 5.02 Å². The SMILES string of the molecule is COCCOc1cc(C)nc(NC(=O)NS(=O)(=O)c2ccccc2Cl)n1. The molecule has 0 radical (unpaired) electrons. The zero-order valence-corrected chi connectivity index (χ0v) is 15.6. The summed E-state index contributed by atoms with van der Waals surface area (Å²) in [6, 6.07) is 6.29. The van der Waals surface area contributed by atoms with E-state index in [1.165, 1.54) is 25.3 Å². The molecule has 2 aromatic rings. The Bertz CT molecular complexity index is 891. The highest BCUT2D eigenvalue weighted by Crippen LogP contribution is 2.20. The first-order valence-corrected chi connectivity index (χ1v) is 9.23. The summed E-state index contributed by atoms with van der Waals surface area (Å²) < 4.78 is 36.5. The summed E-state index contributed by atoms with van der Waals surface area (Å²) in [5.74, 6) is 0.114. The second-order valence-electron chi connectivity index (χ2n) is 5.00. The smallest absolute Gasteiger partial charge is 0.335 e. The first-order chi connectivity index (χ1) is 12.3. The van der Waals surface area contributed by atoms with Gasteiger partial charge in [-0.15, -0.1) is 0 Å². The Morgan fingerprint density at radius 3 is 2.65 bits per heavy atom. The van der Waals surface area contributed by atoms with Crippen LogP contribution in [0.4, 0.5) is 10.7 Å². The molecule has 0 aliphatic carbocycles. The summed E-state index contributed by atoms with van der Waals surface area (Å²) in [7, 11) is -2.61. The minimum atomic E-state index is -4.15. The van der Waals surface area contributed by atoms with E-state index in [4.69, 9.17) is 21.1 Å². The van der Waals surface area contributed by atoms with E-state index >= 15 is 0 Å². The van der Waals surface area contributed by atoms with E-state index in [0.29, 0.717) is 12.3 Å². The molecule has 11 heteroatoms. The van der Waals surface area contributed by atoms with E-state index in [1.54, 1.807) is 19.1 Å². The third kappa shape index (κ3) is 5.55. The number of urea groups is 1. The molecule has 1 heterocycles. The number of sulfonamides is 1. The number of methoxy groups -OCH3 is 1. The zero-order valence-electron chi connectivity index (χ0n) is 14.0. The lowest BCUT2D eigenvalue weighted by Crippen LogP contribution is -2.35. The van der Waals surface area contributed by atoms with Crippen LogP contribution >= 0.6 is 11.6 Å². The zero-order chi connectivity index (χ0) is 19.2. The molecule has 9 nitrogen and oxygen atoms in total. The van der Waals surface area contributed by atoms with Crippen molar-refractivity contribution in [3.05, 3.63) is 41.0 Å². The van der Waals surface area contributed by atoms with Crippen LogP contribution in [0, 0.1) is 6.92 Å². The molecule has 26 heavy (non-hydrogen) atoms. The highest BCUT2D eigenvalue weighted by atomic mass is 35.5. The maximum absolute atomic E-state index is 12.2. The number of ether oxygens (including phenoxy) is 2. The van der Waals surface area contributed by atoms with Crippen molar-refractivity contribution in [1.29, 1.82) is 0 Å². The molecule has 2 amide bonds. The third-order valence-corrected chi connectivity index (χ3v) is 4.78. The molecule has 1 aromatic heterocycles. The molecule has 0 fully saturated rings. The number of carbonyl (C=O) groups excluding carboxylic acids is 1. The van der Waals surface area contributed by atoms with Gasteiger partial charge in [0.15, 0.2) is 0 Å². The molecule has 0 atom stereocenters. The van der Waals surface area contributed by atoms with Gasteiger partial charge in [-0.25, -0.2) is 22.9 Å². The summed E-state index contributed by atoms with van der Waals surface area (Å²) in [6.45, 7) is 2.30. The number of amides is 2. The highest BCUT2D eigenvalue weighted by Gasteiger charge is 2.21. The lowest BCUT2D eigenvalue weighted by atomic mass is 10.4. The average molecular weight is 401 g/mol. The van der Waals surface area contributed by atoms with Crippen molar-refractivity contribution in [1.82, 2.24) is 14.7 Å². The molecular weight excluding hydrogens is 384 g/mol. The van der Waals surface area contributed by atoms with E-state index in [-0.39, 0.29) is 28.4 Å². The summed E-state index contributed by atoms with van der Waals surface area (Å²) >= 11 is 5.85. The number of carbonyl (C=O) groups is 1. The van der Waals surface area contributed by atoms with E-state index in [9.17, 15) is 13.2 Å². The standard InChI is InChI=1S/C15H17ClN4O5S/c1-10-9-13(25-8-7-24-2)18-14(17-10)19-15(21)20-26(22,23)12-6-4-3-5-11(12)16/h3-6,9H,7-8H2,1-2H3,(H2,17,18,19,20,21). The normalized spacial score (nSPS) is 11.0. The molecule has 0 bridgehead atoms. The summed E-state index contributed by atoms with van der Waals surface area (Å²) in [5, 5.41) is 2.25. The van der Waals surface area contributed by atoms with Crippen LogP contribution in [0.1, 0.15) is 5.69 Å². The average Bonchev–Trinajstić information content (AvgIpc) is 2.54. The maximum Gasteiger partial charge on any atom is 0.335 e. The molecule has 1 aromatic carbocycles. The van der Waals surface area contributed by atoms with Gasteiger partial charge in [0.1, 0.15) is 11.5 Å². The number of aryl methyl sites for hydroxylation is 1. The Kier molecular flexibility index (Phi) is 6.72. The number of nitrogens with zero attached hydrogens (tertiary/aromatic N) is 2. The molecular formula is C15H17ClN4O5S. The van der Waals surface area contributed by atoms with Gasteiger partial charge >= 0.3 is 6.03 Å². The van der Waals surface area contributed by atoms with Crippen LogP contribution in [0.15, 0.2) is 35.2 Å². The van der Waals surface area contributed by atoms with Crippen molar-refractivity contribution in [2.75, 3.05) is 25.6 Å². The van der Waals surface area contributed by atoms with Crippen LogP contribution in [-0.4, -0.2) is 44.7 Å². The molecule has 0 spiro atoms. The predicted octanol–water partition coefficient (Wildman–Crippen LogP) is 1.97. The largest absolute Gasteiger partial charge is 0.475 e. The number of aromatic nitrogens is 2. The quantitative estimate of drug-likeness (QED) is 0.682. The van der Waals surface area contributed by atoms with E-state index in [2.05, 4.69) is 15.3 Å². The lowest BCUT2D eigenvalue weighted by Gasteiger charge is -2.10. The Balaban J connectivity index is 2.09. The van der Waals surface area contributed by atoms with Gasteiger partial charge in [-0.3, -0.25) is 5.32 Å². The van der Waals surface area contributed by atoms with Crippen molar-refractivity contribution in [2.45, 2.75) is 11.8 Å². The highest BCUT2D eigenvalue weighted by molar-refractivity contribution is 7.90. The molecule has 0 saturated heterocycles. The van der Waals surface area contributed by atoms with E-state index in [0.717, 1.165) is 0 Å². The van der Waals surface area contributed by atoms with Crippen molar-refractivity contribution < 1.29 is 22.7 Å². The third-order valence-electron chi connectivity index (χ3n) is 2.95. The number of halogens is 1. The number of nitrogens with one attached hydrogen (secondary N) is 2. The minimum Gasteiger partial charge on any atom is -0.475 e. The predicted molar refractivity (Wildman–Crippen MR) is 94.9 cm³/mol. The second-order valence-corrected chi connectivity index (χ2v) is 7.06. The number of anilines is 1. The van der Waals surface area contributed by atoms with Crippen molar-refractivity contribution in [3.63, 3.8) is 0 Å². The van der Waals surface area contributed by atoms with Gasteiger partial charge in [0.25, 0.3) is 10.0 Å². The Morgan fingerprint density at radius 2 is 1.96 bits per heavy atom. The molecule has 0 aliphatic heterocycles. The van der Waals surface area contributed by atoms with Crippen LogP contribution in [0.3, 0.4) is 0 Å². The van der Waals surface area contributed by atoms with Crippen LogP contribution in [-0.2, 0) is 14.8 Å². The molecule has 140 valence electrons. The minimum absolute atomic E-state index is 0.00608. The van der Waals surface area contributed by atoms with Crippen LogP contribution in [0.25, 0.3) is 0 Å². The first-order valence-electron chi connectivity index (χ1n) is 7.37. The van der Waals surface area contributed by atoms with E-state index in [1.807, 2.05) is 4.72 Å². The number of benzene rings is 1. The van der Waals surface area contributed by atoms with Crippen molar-refractivity contribution in [2.24, 2.45) is 0 Å². The topological polar surface area (TPSA) is 120 Å².